The molecule has 1 aliphatic heterocycles. The molecule has 29 heavy (non-hydrogen) atoms. The molecule has 5 nitrogen and oxygen atoms in total. The van der Waals surface area contributed by atoms with Crippen molar-refractivity contribution in [3.05, 3.63) is 81.9 Å². The van der Waals surface area contributed by atoms with E-state index in [9.17, 15) is 0 Å². The van der Waals surface area contributed by atoms with Crippen molar-refractivity contribution in [2.45, 2.75) is 33.5 Å². The third-order valence-electron chi connectivity index (χ3n) is 5.81. The summed E-state index contributed by atoms with van der Waals surface area (Å²) < 4.78 is 2.09. The molecule has 0 amide bonds. The smallest absolute Gasteiger partial charge is 0.0677 e. The van der Waals surface area contributed by atoms with Crippen molar-refractivity contribution >= 4 is 11.6 Å². The molecule has 0 saturated carbocycles. The van der Waals surface area contributed by atoms with Crippen LogP contribution in [-0.2, 0) is 19.6 Å². The van der Waals surface area contributed by atoms with E-state index in [2.05, 4.69) is 51.5 Å². The van der Waals surface area contributed by atoms with Gasteiger partial charge in [0.2, 0.25) is 0 Å². The number of benzene rings is 1. The Labute approximate surface area is 177 Å². The first-order chi connectivity index (χ1) is 14.1. The van der Waals surface area contributed by atoms with Gasteiger partial charge in [-0.1, -0.05) is 29.8 Å². The molecule has 1 saturated heterocycles. The molecule has 0 N–H and O–H groups in total. The number of rotatable bonds is 6. The van der Waals surface area contributed by atoms with Gasteiger partial charge in [-0.05, 0) is 43.2 Å². The zero-order valence-corrected chi connectivity index (χ0v) is 17.9. The molecule has 2 aromatic heterocycles. The highest BCUT2D eigenvalue weighted by Gasteiger charge is 2.20. The topological polar surface area (TPSA) is 37.2 Å². The molecule has 3 aromatic rings. The summed E-state index contributed by atoms with van der Waals surface area (Å²) in [7, 11) is 0. The maximum Gasteiger partial charge on any atom is 0.0677 e. The van der Waals surface area contributed by atoms with E-state index in [1.807, 2.05) is 30.6 Å². The molecule has 152 valence electrons. The number of halogens is 1. The highest BCUT2D eigenvalue weighted by molar-refractivity contribution is 6.31. The van der Waals surface area contributed by atoms with Crippen molar-refractivity contribution in [2.75, 3.05) is 26.2 Å². The van der Waals surface area contributed by atoms with Crippen LogP contribution in [0.25, 0.3) is 0 Å². The molecule has 0 atom stereocenters. The van der Waals surface area contributed by atoms with Crippen LogP contribution in [-0.4, -0.2) is 50.7 Å². The van der Waals surface area contributed by atoms with E-state index >= 15 is 0 Å². The van der Waals surface area contributed by atoms with Gasteiger partial charge >= 0.3 is 0 Å². The third-order valence-corrected chi connectivity index (χ3v) is 6.18. The molecule has 1 fully saturated rings. The lowest BCUT2D eigenvalue weighted by atomic mass is 10.1. The first kappa shape index (κ1) is 20.1. The highest BCUT2D eigenvalue weighted by Crippen LogP contribution is 2.21. The second-order valence-electron chi connectivity index (χ2n) is 7.81. The number of pyridine rings is 1. The van der Waals surface area contributed by atoms with Gasteiger partial charge in [-0.25, -0.2) is 0 Å². The van der Waals surface area contributed by atoms with Crippen LogP contribution in [0.2, 0.25) is 5.02 Å². The number of aromatic nitrogens is 3. The summed E-state index contributed by atoms with van der Waals surface area (Å²) in [6.07, 6.45) is 3.74. The Balaban J connectivity index is 1.37. The Bertz CT molecular complexity index is 945. The van der Waals surface area contributed by atoms with Gasteiger partial charge in [0.05, 0.1) is 12.2 Å². The molecule has 0 spiro atoms. The Morgan fingerprint density at radius 1 is 0.862 bits per heavy atom. The Morgan fingerprint density at radius 2 is 1.52 bits per heavy atom. The number of aryl methyl sites for hydroxylation is 1. The quantitative estimate of drug-likeness (QED) is 0.618. The van der Waals surface area contributed by atoms with E-state index in [-0.39, 0.29) is 0 Å². The number of hydrogen-bond donors (Lipinski definition) is 0. The van der Waals surface area contributed by atoms with Crippen molar-refractivity contribution in [1.29, 1.82) is 0 Å². The Hall–Kier alpha value is -2.21. The van der Waals surface area contributed by atoms with Crippen LogP contribution in [0, 0.1) is 13.8 Å². The maximum atomic E-state index is 6.34. The molecule has 0 radical (unpaired) electrons. The van der Waals surface area contributed by atoms with Crippen molar-refractivity contribution in [1.82, 2.24) is 24.6 Å². The first-order valence-electron chi connectivity index (χ1n) is 10.2. The van der Waals surface area contributed by atoms with Crippen LogP contribution in [0.1, 0.15) is 28.1 Å². The summed E-state index contributed by atoms with van der Waals surface area (Å²) in [4.78, 5) is 9.17. The van der Waals surface area contributed by atoms with E-state index < -0.39 is 0 Å². The molecule has 1 aromatic carbocycles. The minimum Gasteiger partial charge on any atom is -0.297 e. The van der Waals surface area contributed by atoms with Gasteiger partial charge < -0.3 is 0 Å². The second-order valence-corrected chi connectivity index (χ2v) is 8.21. The lowest BCUT2D eigenvalue weighted by Gasteiger charge is -2.34. The zero-order chi connectivity index (χ0) is 20.2. The lowest BCUT2D eigenvalue weighted by molar-refractivity contribution is 0.121. The highest BCUT2D eigenvalue weighted by atomic mass is 35.5. The first-order valence-corrected chi connectivity index (χ1v) is 10.6. The number of piperazine rings is 1. The standard InChI is InChI=1S/C23H28ClN5/c1-18-22(19(2)29(26-18)16-21-5-3-4-6-23(21)24)17-28-13-11-27(12-14-28)15-20-7-9-25-10-8-20/h3-10H,11-17H2,1-2H3. The van der Waals surface area contributed by atoms with Crippen LogP contribution < -0.4 is 0 Å². The summed E-state index contributed by atoms with van der Waals surface area (Å²) in [5, 5.41) is 5.60. The van der Waals surface area contributed by atoms with Gasteiger partial charge in [0.25, 0.3) is 0 Å². The van der Waals surface area contributed by atoms with Crippen molar-refractivity contribution in [2.24, 2.45) is 0 Å². The van der Waals surface area contributed by atoms with Crippen LogP contribution in [0.3, 0.4) is 0 Å². The van der Waals surface area contributed by atoms with Crippen LogP contribution >= 0.6 is 11.6 Å². The molecule has 1 aliphatic rings. The molecule has 4 rings (SSSR count). The minimum absolute atomic E-state index is 0.714. The number of nitrogens with zero attached hydrogens (tertiary/aromatic N) is 5. The third kappa shape index (κ3) is 4.86. The van der Waals surface area contributed by atoms with E-state index in [1.165, 1.54) is 16.8 Å². The van der Waals surface area contributed by atoms with Crippen LogP contribution in [0.15, 0.2) is 48.8 Å². The van der Waals surface area contributed by atoms with Crippen LogP contribution in [0.5, 0.6) is 0 Å². The number of hydrogen-bond acceptors (Lipinski definition) is 4. The average molecular weight is 410 g/mol. The Kier molecular flexibility index (Phi) is 6.28. The molecule has 0 bridgehead atoms. The lowest BCUT2D eigenvalue weighted by Crippen LogP contribution is -2.45. The van der Waals surface area contributed by atoms with Gasteiger partial charge in [-0.3, -0.25) is 19.5 Å². The summed E-state index contributed by atoms with van der Waals surface area (Å²) in [6.45, 7) is 11.3. The van der Waals surface area contributed by atoms with Gasteiger partial charge in [-0.15, -0.1) is 0 Å². The molecular formula is C23H28ClN5. The maximum absolute atomic E-state index is 6.34. The van der Waals surface area contributed by atoms with Crippen molar-refractivity contribution in [3.8, 4) is 0 Å². The van der Waals surface area contributed by atoms with Gasteiger partial charge in [-0.2, -0.15) is 5.10 Å². The molecule has 3 heterocycles. The predicted octanol–water partition coefficient (Wildman–Crippen LogP) is 3.91. The van der Waals surface area contributed by atoms with Gasteiger partial charge in [0, 0.05) is 67.9 Å². The molecular weight excluding hydrogens is 382 g/mol. The van der Waals surface area contributed by atoms with Crippen LogP contribution in [0.4, 0.5) is 0 Å². The second kappa shape index (κ2) is 9.08. The average Bonchev–Trinajstić information content (AvgIpc) is 2.99. The summed E-state index contributed by atoms with van der Waals surface area (Å²) in [5.74, 6) is 0. The molecule has 0 aliphatic carbocycles. The van der Waals surface area contributed by atoms with E-state index in [0.717, 1.165) is 55.5 Å². The molecule has 0 unspecified atom stereocenters. The summed E-state index contributed by atoms with van der Waals surface area (Å²) in [6, 6.07) is 12.2. The van der Waals surface area contributed by atoms with Gasteiger partial charge in [0.15, 0.2) is 0 Å². The largest absolute Gasteiger partial charge is 0.297 e. The predicted molar refractivity (Wildman–Crippen MR) is 117 cm³/mol. The normalized spacial score (nSPS) is 15.7. The zero-order valence-electron chi connectivity index (χ0n) is 17.2. The van der Waals surface area contributed by atoms with Crippen molar-refractivity contribution in [3.63, 3.8) is 0 Å². The fraction of sp³-hybridized carbons (Fsp3) is 0.391. The van der Waals surface area contributed by atoms with E-state index in [0.29, 0.717) is 6.54 Å². The monoisotopic (exact) mass is 409 g/mol. The van der Waals surface area contributed by atoms with E-state index in [4.69, 9.17) is 16.7 Å². The fourth-order valence-electron chi connectivity index (χ4n) is 3.98. The minimum atomic E-state index is 0.714. The SMILES string of the molecule is Cc1nn(Cc2ccccc2Cl)c(C)c1CN1CCN(Cc2ccncc2)CC1. The Morgan fingerprint density at radius 3 is 2.21 bits per heavy atom. The molecule has 6 heteroatoms. The van der Waals surface area contributed by atoms with Gasteiger partial charge in [0.1, 0.15) is 0 Å². The van der Waals surface area contributed by atoms with E-state index in [1.54, 1.807) is 0 Å². The summed E-state index contributed by atoms with van der Waals surface area (Å²) >= 11 is 6.34. The fourth-order valence-corrected chi connectivity index (χ4v) is 4.18. The summed E-state index contributed by atoms with van der Waals surface area (Å²) in [5.41, 5.74) is 6.15. The van der Waals surface area contributed by atoms with Crippen molar-refractivity contribution < 1.29 is 0 Å².